The van der Waals surface area contributed by atoms with Crippen LogP contribution in [0.1, 0.15) is 11.3 Å². The molecule has 0 spiro atoms. The standard InChI is InChI=1S/C20H16N4/c1-3-16-12-21-20-22-19(13-24(20)23-16)18-11-7-10-17(14(18)2)15-8-5-4-6-9-15/h3-13H,1H2,2H3. The van der Waals surface area contributed by atoms with Gasteiger partial charge in [-0.2, -0.15) is 5.10 Å². The van der Waals surface area contributed by atoms with Crippen molar-refractivity contribution in [3.05, 3.63) is 78.8 Å². The third-order valence-electron chi connectivity index (χ3n) is 4.11. The van der Waals surface area contributed by atoms with Crippen LogP contribution in [0.3, 0.4) is 0 Å². The number of fused-ring (bicyclic) bond motifs is 1. The molecule has 2 aromatic heterocycles. The van der Waals surface area contributed by atoms with E-state index in [1.807, 2.05) is 12.3 Å². The van der Waals surface area contributed by atoms with Gasteiger partial charge in [0.25, 0.3) is 5.78 Å². The molecule has 2 heterocycles. The second kappa shape index (κ2) is 5.74. The zero-order chi connectivity index (χ0) is 16.5. The summed E-state index contributed by atoms with van der Waals surface area (Å²) in [5.74, 6) is 0.583. The van der Waals surface area contributed by atoms with E-state index < -0.39 is 0 Å². The molecule has 0 amide bonds. The minimum Gasteiger partial charge on any atom is -0.217 e. The van der Waals surface area contributed by atoms with E-state index in [1.165, 1.54) is 16.7 Å². The molecule has 4 heteroatoms. The molecule has 0 N–H and O–H groups in total. The van der Waals surface area contributed by atoms with E-state index in [1.54, 1.807) is 16.8 Å². The zero-order valence-corrected chi connectivity index (χ0v) is 13.3. The zero-order valence-electron chi connectivity index (χ0n) is 13.3. The van der Waals surface area contributed by atoms with Gasteiger partial charge in [0.1, 0.15) is 5.69 Å². The van der Waals surface area contributed by atoms with Crippen molar-refractivity contribution in [3.63, 3.8) is 0 Å². The second-order valence-corrected chi connectivity index (χ2v) is 5.60. The molecule has 0 atom stereocenters. The van der Waals surface area contributed by atoms with E-state index in [0.717, 1.165) is 17.0 Å². The van der Waals surface area contributed by atoms with Gasteiger partial charge in [-0.1, -0.05) is 55.1 Å². The average molecular weight is 312 g/mol. The first kappa shape index (κ1) is 14.3. The Morgan fingerprint density at radius 2 is 1.79 bits per heavy atom. The van der Waals surface area contributed by atoms with Crippen molar-refractivity contribution < 1.29 is 0 Å². The van der Waals surface area contributed by atoms with Crippen LogP contribution in [0, 0.1) is 6.92 Å². The van der Waals surface area contributed by atoms with Crippen molar-refractivity contribution in [3.8, 4) is 22.4 Å². The monoisotopic (exact) mass is 312 g/mol. The highest BCUT2D eigenvalue weighted by molar-refractivity contribution is 5.77. The number of benzene rings is 2. The van der Waals surface area contributed by atoms with E-state index in [9.17, 15) is 0 Å². The molecule has 0 aliphatic heterocycles. The quantitative estimate of drug-likeness (QED) is 0.563. The van der Waals surface area contributed by atoms with Crippen LogP contribution in [0.2, 0.25) is 0 Å². The first-order valence-electron chi connectivity index (χ1n) is 7.76. The average Bonchev–Trinajstić information content (AvgIpc) is 3.05. The fraction of sp³-hybridized carbons (Fsp3) is 0.0500. The number of rotatable bonds is 3. The Morgan fingerprint density at radius 3 is 2.58 bits per heavy atom. The number of nitrogens with zero attached hydrogens (tertiary/aromatic N) is 4. The summed E-state index contributed by atoms with van der Waals surface area (Å²) in [7, 11) is 0. The molecule has 0 fully saturated rings. The number of hydrogen-bond donors (Lipinski definition) is 0. The Bertz CT molecular complexity index is 1030. The van der Waals surface area contributed by atoms with Gasteiger partial charge in [0.05, 0.1) is 18.1 Å². The molecular weight excluding hydrogens is 296 g/mol. The maximum absolute atomic E-state index is 4.61. The van der Waals surface area contributed by atoms with Gasteiger partial charge >= 0.3 is 0 Å². The summed E-state index contributed by atoms with van der Waals surface area (Å²) >= 11 is 0. The molecule has 0 radical (unpaired) electrons. The normalized spacial score (nSPS) is 10.9. The van der Waals surface area contributed by atoms with Gasteiger partial charge in [-0.15, -0.1) is 0 Å². The first-order chi connectivity index (χ1) is 11.8. The Balaban J connectivity index is 1.86. The predicted molar refractivity (Wildman–Crippen MR) is 96.5 cm³/mol. The smallest absolute Gasteiger partial charge is 0.217 e. The minimum absolute atomic E-state index is 0.583. The summed E-state index contributed by atoms with van der Waals surface area (Å²) in [4.78, 5) is 8.94. The molecule has 4 rings (SSSR count). The summed E-state index contributed by atoms with van der Waals surface area (Å²) in [6, 6.07) is 16.6. The first-order valence-corrected chi connectivity index (χ1v) is 7.76. The third kappa shape index (κ3) is 2.38. The molecule has 0 unspecified atom stereocenters. The lowest BCUT2D eigenvalue weighted by Crippen LogP contribution is -1.94. The Morgan fingerprint density at radius 1 is 1.00 bits per heavy atom. The van der Waals surface area contributed by atoms with Gasteiger partial charge in [-0.05, 0) is 29.7 Å². The van der Waals surface area contributed by atoms with Crippen LogP contribution in [0.25, 0.3) is 34.2 Å². The van der Waals surface area contributed by atoms with Gasteiger partial charge in [-0.25, -0.2) is 14.5 Å². The SMILES string of the molecule is C=Cc1cnc2nc(-c3cccc(-c4ccccc4)c3C)cn2n1. The van der Waals surface area contributed by atoms with Gasteiger partial charge in [0, 0.05) is 5.56 Å². The molecule has 116 valence electrons. The van der Waals surface area contributed by atoms with Crippen molar-refractivity contribution in [1.82, 2.24) is 19.6 Å². The summed E-state index contributed by atoms with van der Waals surface area (Å²) in [5.41, 5.74) is 6.27. The van der Waals surface area contributed by atoms with Gasteiger partial charge in [0.15, 0.2) is 0 Å². The van der Waals surface area contributed by atoms with E-state index in [2.05, 4.69) is 71.0 Å². The van der Waals surface area contributed by atoms with Crippen LogP contribution in [-0.4, -0.2) is 19.6 Å². The highest BCUT2D eigenvalue weighted by Crippen LogP contribution is 2.31. The molecule has 24 heavy (non-hydrogen) atoms. The van der Waals surface area contributed by atoms with Crippen LogP contribution in [0.4, 0.5) is 0 Å². The van der Waals surface area contributed by atoms with Crippen LogP contribution < -0.4 is 0 Å². The Kier molecular flexibility index (Phi) is 3.43. The fourth-order valence-electron chi connectivity index (χ4n) is 2.86. The molecule has 0 aliphatic rings. The van der Waals surface area contributed by atoms with Gasteiger partial charge < -0.3 is 0 Å². The van der Waals surface area contributed by atoms with E-state index in [4.69, 9.17) is 0 Å². The Labute approximate surface area is 140 Å². The topological polar surface area (TPSA) is 43.1 Å². The fourth-order valence-corrected chi connectivity index (χ4v) is 2.86. The summed E-state index contributed by atoms with van der Waals surface area (Å²) in [5, 5.41) is 4.42. The van der Waals surface area contributed by atoms with Crippen LogP contribution in [0.5, 0.6) is 0 Å². The highest BCUT2D eigenvalue weighted by atomic mass is 15.3. The number of hydrogen-bond acceptors (Lipinski definition) is 3. The van der Waals surface area contributed by atoms with Crippen LogP contribution >= 0.6 is 0 Å². The molecule has 4 nitrogen and oxygen atoms in total. The van der Waals surface area contributed by atoms with E-state index >= 15 is 0 Å². The lowest BCUT2D eigenvalue weighted by molar-refractivity contribution is 0.893. The largest absolute Gasteiger partial charge is 0.251 e. The molecule has 4 aromatic rings. The maximum atomic E-state index is 4.61. The van der Waals surface area contributed by atoms with Crippen molar-refractivity contribution >= 4 is 11.9 Å². The van der Waals surface area contributed by atoms with Crippen molar-refractivity contribution in [2.75, 3.05) is 0 Å². The lowest BCUT2D eigenvalue weighted by Gasteiger charge is -2.09. The molecule has 2 aromatic carbocycles. The number of imidazole rings is 1. The molecule has 0 saturated carbocycles. The molecule has 0 bridgehead atoms. The molecule has 0 saturated heterocycles. The third-order valence-corrected chi connectivity index (χ3v) is 4.11. The summed E-state index contributed by atoms with van der Waals surface area (Å²) in [6.45, 7) is 5.85. The lowest BCUT2D eigenvalue weighted by atomic mass is 9.95. The van der Waals surface area contributed by atoms with Gasteiger partial charge in [0.2, 0.25) is 0 Å². The van der Waals surface area contributed by atoms with E-state index in [-0.39, 0.29) is 0 Å². The molecular formula is C20H16N4. The van der Waals surface area contributed by atoms with E-state index in [0.29, 0.717) is 5.78 Å². The maximum Gasteiger partial charge on any atom is 0.251 e. The number of aromatic nitrogens is 4. The van der Waals surface area contributed by atoms with Crippen molar-refractivity contribution in [1.29, 1.82) is 0 Å². The van der Waals surface area contributed by atoms with Crippen molar-refractivity contribution in [2.45, 2.75) is 6.92 Å². The van der Waals surface area contributed by atoms with Crippen LogP contribution in [0.15, 0.2) is 67.5 Å². The summed E-state index contributed by atoms with van der Waals surface area (Å²) in [6.07, 6.45) is 5.26. The van der Waals surface area contributed by atoms with Crippen molar-refractivity contribution in [2.24, 2.45) is 0 Å². The minimum atomic E-state index is 0.583. The predicted octanol–water partition coefficient (Wildman–Crippen LogP) is 4.41. The molecule has 0 aliphatic carbocycles. The Hall–Kier alpha value is -3.27. The summed E-state index contributed by atoms with van der Waals surface area (Å²) < 4.78 is 1.70. The van der Waals surface area contributed by atoms with Crippen LogP contribution in [-0.2, 0) is 0 Å². The van der Waals surface area contributed by atoms with Gasteiger partial charge in [-0.3, -0.25) is 0 Å². The second-order valence-electron chi connectivity index (χ2n) is 5.60. The highest BCUT2D eigenvalue weighted by Gasteiger charge is 2.12.